The highest BCUT2D eigenvalue weighted by Gasteiger charge is 2.43. The lowest BCUT2D eigenvalue weighted by Crippen LogP contribution is -2.49. The van der Waals surface area contributed by atoms with Crippen LogP contribution in [-0.2, 0) is 9.59 Å². The van der Waals surface area contributed by atoms with Crippen molar-refractivity contribution in [2.24, 2.45) is 17.6 Å². The maximum absolute atomic E-state index is 12.0. The van der Waals surface area contributed by atoms with E-state index in [1.54, 1.807) is 0 Å². The van der Waals surface area contributed by atoms with Gasteiger partial charge in [-0.25, -0.2) is 9.59 Å². The van der Waals surface area contributed by atoms with Gasteiger partial charge in [-0.2, -0.15) is 0 Å². The van der Waals surface area contributed by atoms with E-state index in [-0.39, 0.29) is 11.8 Å². The second-order valence-corrected chi connectivity index (χ2v) is 5.48. The molecule has 0 aromatic rings. The molecule has 112 valence electrons. The molecule has 1 aliphatic carbocycles. The number of carbonyl (C=O) groups excluding carboxylic acids is 2. The number of aliphatic hydroxyl groups excluding tert-OH is 1. The minimum absolute atomic E-state index is 0.0696. The third-order valence-corrected chi connectivity index (χ3v) is 4.11. The van der Waals surface area contributed by atoms with Crippen LogP contribution in [-0.4, -0.2) is 58.3 Å². The van der Waals surface area contributed by atoms with E-state index in [4.69, 9.17) is 10.8 Å². The molecule has 0 spiro atoms. The van der Waals surface area contributed by atoms with Crippen molar-refractivity contribution in [3.63, 3.8) is 0 Å². The van der Waals surface area contributed by atoms with Gasteiger partial charge in [0.05, 0.1) is 12.5 Å². The van der Waals surface area contributed by atoms with Gasteiger partial charge in [0.15, 0.2) is 0 Å². The molecule has 1 saturated carbocycles. The third-order valence-electron chi connectivity index (χ3n) is 4.11. The zero-order valence-corrected chi connectivity index (χ0v) is 11.0. The molecule has 1 saturated heterocycles. The molecule has 1 aliphatic heterocycles. The Labute approximate surface area is 115 Å². The summed E-state index contributed by atoms with van der Waals surface area (Å²) in [5.74, 6) is -1.74. The highest BCUT2D eigenvalue weighted by atomic mass is 16.4. The molecule has 0 bridgehead atoms. The van der Waals surface area contributed by atoms with Crippen LogP contribution in [0.15, 0.2) is 0 Å². The Balaban J connectivity index is 1.91. The van der Waals surface area contributed by atoms with Crippen LogP contribution >= 0.6 is 0 Å². The van der Waals surface area contributed by atoms with Gasteiger partial charge in [-0.3, -0.25) is 4.79 Å². The van der Waals surface area contributed by atoms with Crippen molar-refractivity contribution < 1.29 is 24.6 Å². The number of likely N-dealkylation sites (tertiary alicyclic amines) is 1. The number of fused-ring (bicyclic) bond motifs is 1. The first-order valence-corrected chi connectivity index (χ1v) is 6.63. The molecule has 20 heavy (non-hydrogen) atoms. The number of hydrogen-bond acceptors (Lipinski definition) is 4. The first kappa shape index (κ1) is 14.6. The number of aliphatic hydroxyl groups is 1. The summed E-state index contributed by atoms with van der Waals surface area (Å²) in [6, 6.07) is -1.84. The maximum Gasteiger partial charge on any atom is 0.326 e. The highest BCUT2D eigenvalue weighted by Crippen LogP contribution is 2.37. The van der Waals surface area contributed by atoms with Gasteiger partial charge in [0.25, 0.3) is 0 Å². The van der Waals surface area contributed by atoms with Crippen molar-refractivity contribution in [2.75, 3.05) is 13.1 Å². The monoisotopic (exact) mass is 285 g/mol. The van der Waals surface area contributed by atoms with Crippen LogP contribution in [0.3, 0.4) is 0 Å². The summed E-state index contributed by atoms with van der Waals surface area (Å²) in [7, 11) is 0. The predicted molar refractivity (Wildman–Crippen MR) is 67.6 cm³/mol. The SMILES string of the molecule is NC(=O)C[C@@H](NC(=O)N1CC2CCC(O)C2C1)C(=O)O. The standard InChI is InChI=1S/C12H19N3O5/c13-10(17)3-8(11(18)19)14-12(20)15-4-6-1-2-9(16)7(6)5-15/h6-9,16H,1-5H2,(H2,13,17)(H,14,20)(H,18,19)/t6?,7?,8-,9?/m1/s1. The summed E-state index contributed by atoms with van der Waals surface area (Å²) in [6.45, 7) is 0.928. The van der Waals surface area contributed by atoms with Crippen LogP contribution in [0.1, 0.15) is 19.3 Å². The number of aliphatic carboxylic acids is 1. The molecular formula is C12H19N3O5. The zero-order chi connectivity index (χ0) is 14.9. The smallest absolute Gasteiger partial charge is 0.326 e. The summed E-state index contributed by atoms with van der Waals surface area (Å²) in [5.41, 5.74) is 4.95. The van der Waals surface area contributed by atoms with Gasteiger partial charge in [0.2, 0.25) is 5.91 Å². The van der Waals surface area contributed by atoms with Crippen LogP contribution in [0.25, 0.3) is 0 Å². The number of carboxylic acid groups (broad SMARTS) is 1. The molecule has 0 aromatic carbocycles. The number of nitrogens with zero attached hydrogens (tertiary/aromatic N) is 1. The lowest BCUT2D eigenvalue weighted by Gasteiger charge is -2.21. The van der Waals surface area contributed by atoms with E-state index in [1.807, 2.05) is 0 Å². The minimum atomic E-state index is -1.31. The average molecular weight is 285 g/mol. The van der Waals surface area contributed by atoms with Crippen molar-refractivity contribution in [2.45, 2.75) is 31.4 Å². The lowest BCUT2D eigenvalue weighted by atomic mass is 10.00. The molecule has 2 fully saturated rings. The quantitative estimate of drug-likeness (QED) is 0.511. The third kappa shape index (κ3) is 3.01. The van der Waals surface area contributed by atoms with Gasteiger partial charge >= 0.3 is 12.0 Å². The average Bonchev–Trinajstić information content (AvgIpc) is 2.90. The van der Waals surface area contributed by atoms with Crippen LogP contribution < -0.4 is 11.1 Å². The number of carboxylic acids is 1. The largest absolute Gasteiger partial charge is 0.480 e. The predicted octanol–water partition coefficient (Wildman–Crippen LogP) is -1.27. The fourth-order valence-corrected chi connectivity index (χ4v) is 3.04. The first-order valence-electron chi connectivity index (χ1n) is 6.63. The molecule has 3 unspecified atom stereocenters. The van der Waals surface area contributed by atoms with Gasteiger partial charge in [0.1, 0.15) is 6.04 Å². The summed E-state index contributed by atoms with van der Waals surface area (Å²) in [6.07, 6.45) is 0.798. The summed E-state index contributed by atoms with van der Waals surface area (Å²) in [5, 5.41) is 21.0. The Bertz CT molecular complexity index is 427. The fraction of sp³-hybridized carbons (Fsp3) is 0.750. The number of carbonyl (C=O) groups is 3. The van der Waals surface area contributed by atoms with Crippen molar-refractivity contribution in [3.05, 3.63) is 0 Å². The van der Waals surface area contributed by atoms with Crippen LogP contribution in [0, 0.1) is 11.8 Å². The summed E-state index contributed by atoms with van der Waals surface area (Å²) in [4.78, 5) is 35.2. The molecular weight excluding hydrogens is 266 g/mol. The Morgan fingerprint density at radius 3 is 2.55 bits per heavy atom. The van der Waals surface area contributed by atoms with E-state index < -0.39 is 36.5 Å². The maximum atomic E-state index is 12.0. The van der Waals surface area contributed by atoms with Crippen molar-refractivity contribution in [3.8, 4) is 0 Å². The molecule has 1 heterocycles. The second-order valence-electron chi connectivity index (χ2n) is 5.48. The topological polar surface area (TPSA) is 133 Å². The number of nitrogens with two attached hydrogens (primary N) is 1. The number of nitrogens with one attached hydrogen (secondary N) is 1. The highest BCUT2D eigenvalue weighted by molar-refractivity contribution is 5.87. The second kappa shape index (κ2) is 5.66. The number of hydrogen-bond donors (Lipinski definition) is 4. The Morgan fingerprint density at radius 1 is 1.30 bits per heavy atom. The van der Waals surface area contributed by atoms with Crippen molar-refractivity contribution in [1.29, 1.82) is 0 Å². The fourth-order valence-electron chi connectivity index (χ4n) is 3.04. The van der Waals surface area contributed by atoms with E-state index in [0.29, 0.717) is 13.1 Å². The molecule has 8 heteroatoms. The number of amides is 3. The van der Waals surface area contributed by atoms with Crippen LogP contribution in [0.2, 0.25) is 0 Å². The van der Waals surface area contributed by atoms with E-state index >= 15 is 0 Å². The normalized spacial score (nSPS) is 29.9. The molecule has 8 nitrogen and oxygen atoms in total. The van der Waals surface area contributed by atoms with Crippen LogP contribution in [0.4, 0.5) is 4.79 Å². The molecule has 0 radical (unpaired) electrons. The van der Waals surface area contributed by atoms with E-state index in [9.17, 15) is 19.5 Å². The van der Waals surface area contributed by atoms with Gasteiger partial charge in [-0.05, 0) is 18.8 Å². The van der Waals surface area contributed by atoms with E-state index in [1.165, 1.54) is 4.90 Å². The molecule has 2 rings (SSSR count). The Hall–Kier alpha value is -1.83. The Kier molecular flexibility index (Phi) is 4.12. The first-order chi connectivity index (χ1) is 9.38. The molecule has 4 atom stereocenters. The van der Waals surface area contributed by atoms with Gasteiger partial charge < -0.3 is 26.2 Å². The van der Waals surface area contributed by atoms with Gasteiger partial charge in [-0.15, -0.1) is 0 Å². The summed E-state index contributed by atoms with van der Waals surface area (Å²) >= 11 is 0. The van der Waals surface area contributed by atoms with Crippen molar-refractivity contribution in [1.82, 2.24) is 10.2 Å². The lowest BCUT2D eigenvalue weighted by molar-refractivity contribution is -0.140. The van der Waals surface area contributed by atoms with E-state index in [0.717, 1.165) is 12.8 Å². The van der Waals surface area contributed by atoms with Gasteiger partial charge in [0, 0.05) is 19.0 Å². The Morgan fingerprint density at radius 2 is 2.00 bits per heavy atom. The van der Waals surface area contributed by atoms with E-state index in [2.05, 4.69) is 5.32 Å². The number of rotatable bonds is 4. The molecule has 3 amide bonds. The molecule has 2 aliphatic rings. The van der Waals surface area contributed by atoms with Crippen molar-refractivity contribution >= 4 is 17.9 Å². The number of urea groups is 1. The molecule has 5 N–H and O–H groups in total. The minimum Gasteiger partial charge on any atom is -0.480 e. The number of primary amides is 1. The zero-order valence-electron chi connectivity index (χ0n) is 11.0. The molecule has 0 aromatic heterocycles. The van der Waals surface area contributed by atoms with Gasteiger partial charge in [-0.1, -0.05) is 0 Å². The van der Waals surface area contributed by atoms with Crippen LogP contribution in [0.5, 0.6) is 0 Å². The summed E-state index contributed by atoms with van der Waals surface area (Å²) < 4.78 is 0.